The van der Waals surface area contributed by atoms with Crippen LogP contribution >= 0.6 is 0 Å². The van der Waals surface area contributed by atoms with Crippen LogP contribution in [-0.2, 0) is 6.42 Å². The Bertz CT molecular complexity index is 476. The maximum atomic E-state index is 4.41. The van der Waals surface area contributed by atoms with Gasteiger partial charge in [0.05, 0.1) is 5.69 Å². The molecule has 0 aliphatic carbocycles. The zero-order valence-electron chi connectivity index (χ0n) is 9.94. The van der Waals surface area contributed by atoms with E-state index < -0.39 is 0 Å². The normalized spacial score (nSPS) is 13.2. The van der Waals surface area contributed by atoms with Crippen LogP contribution in [0.25, 0.3) is 5.65 Å². The topological polar surface area (TPSA) is 55.1 Å². The van der Waals surface area contributed by atoms with Gasteiger partial charge in [-0.2, -0.15) is 9.61 Å². The first-order valence-electron chi connectivity index (χ1n) is 5.62. The van der Waals surface area contributed by atoms with Gasteiger partial charge in [0.25, 0.3) is 0 Å². The molecule has 0 bridgehead atoms. The van der Waals surface area contributed by atoms with Crippen molar-refractivity contribution in [3.05, 3.63) is 23.7 Å². The predicted octanol–water partition coefficient (Wildman–Crippen LogP) is 0.973. The van der Waals surface area contributed by atoms with Crippen LogP contribution < -0.4 is 5.32 Å². The van der Waals surface area contributed by atoms with Crippen LogP contribution in [0, 0.1) is 6.92 Å². The summed E-state index contributed by atoms with van der Waals surface area (Å²) in [5, 5.41) is 16.0. The summed E-state index contributed by atoms with van der Waals surface area (Å²) in [6.07, 6.45) is 0.839. The van der Waals surface area contributed by atoms with Crippen LogP contribution in [0.3, 0.4) is 0 Å². The second-order valence-electron chi connectivity index (χ2n) is 4.02. The highest BCUT2D eigenvalue weighted by atomic mass is 15.4. The number of nitrogens with one attached hydrogen (secondary N) is 1. The molecule has 0 aliphatic rings. The van der Waals surface area contributed by atoms with Crippen molar-refractivity contribution in [3.63, 3.8) is 0 Å². The molecule has 5 heteroatoms. The summed E-state index contributed by atoms with van der Waals surface area (Å²) in [6, 6.07) is 4.28. The highest BCUT2D eigenvalue weighted by Crippen LogP contribution is 2.04. The molecule has 0 aromatic carbocycles. The van der Waals surface area contributed by atoms with E-state index in [1.165, 1.54) is 0 Å². The fourth-order valence-corrected chi connectivity index (χ4v) is 1.75. The summed E-state index contributed by atoms with van der Waals surface area (Å²) in [4.78, 5) is 0. The first-order valence-corrected chi connectivity index (χ1v) is 5.62. The molecular weight excluding hydrogens is 202 g/mol. The van der Waals surface area contributed by atoms with E-state index in [4.69, 9.17) is 0 Å². The van der Waals surface area contributed by atoms with Crippen molar-refractivity contribution in [3.8, 4) is 0 Å². The van der Waals surface area contributed by atoms with Crippen molar-refractivity contribution < 1.29 is 0 Å². The van der Waals surface area contributed by atoms with Gasteiger partial charge in [0.15, 0.2) is 11.5 Å². The van der Waals surface area contributed by atoms with E-state index in [0.717, 1.165) is 30.1 Å². The molecule has 1 unspecified atom stereocenters. The van der Waals surface area contributed by atoms with Crippen LogP contribution in [-0.4, -0.2) is 32.4 Å². The molecule has 1 atom stereocenters. The van der Waals surface area contributed by atoms with E-state index in [0.29, 0.717) is 6.04 Å². The lowest BCUT2D eigenvalue weighted by atomic mass is 10.2. The van der Waals surface area contributed by atoms with Crippen molar-refractivity contribution in [1.82, 2.24) is 25.1 Å². The van der Waals surface area contributed by atoms with Crippen LogP contribution in [0.1, 0.15) is 25.4 Å². The third-order valence-electron chi connectivity index (χ3n) is 2.50. The third kappa shape index (κ3) is 2.19. The van der Waals surface area contributed by atoms with Gasteiger partial charge in [-0.3, -0.25) is 0 Å². The minimum atomic E-state index is 0.389. The minimum Gasteiger partial charge on any atom is -0.314 e. The van der Waals surface area contributed by atoms with E-state index in [-0.39, 0.29) is 0 Å². The summed E-state index contributed by atoms with van der Waals surface area (Å²) in [7, 11) is 0. The van der Waals surface area contributed by atoms with Crippen LogP contribution in [0.15, 0.2) is 12.1 Å². The predicted molar refractivity (Wildman–Crippen MR) is 62.4 cm³/mol. The van der Waals surface area contributed by atoms with Crippen molar-refractivity contribution in [2.75, 3.05) is 6.54 Å². The quantitative estimate of drug-likeness (QED) is 0.832. The Kier molecular flexibility index (Phi) is 3.14. The molecule has 86 valence electrons. The summed E-state index contributed by atoms with van der Waals surface area (Å²) < 4.78 is 1.82. The highest BCUT2D eigenvalue weighted by Gasteiger charge is 2.10. The van der Waals surface area contributed by atoms with Crippen LogP contribution in [0.5, 0.6) is 0 Å². The number of hydrogen-bond donors (Lipinski definition) is 1. The number of aryl methyl sites for hydroxylation is 1. The zero-order valence-corrected chi connectivity index (χ0v) is 9.94. The van der Waals surface area contributed by atoms with Crippen molar-refractivity contribution in [2.45, 2.75) is 33.2 Å². The Morgan fingerprint density at radius 2 is 2.19 bits per heavy atom. The summed E-state index contributed by atoms with van der Waals surface area (Å²) in [5.41, 5.74) is 1.79. The Morgan fingerprint density at radius 1 is 1.38 bits per heavy atom. The Labute approximate surface area is 94.9 Å². The monoisotopic (exact) mass is 219 g/mol. The smallest absolute Gasteiger partial charge is 0.177 e. The average molecular weight is 219 g/mol. The molecular formula is C11H17N5. The largest absolute Gasteiger partial charge is 0.314 e. The van der Waals surface area contributed by atoms with Gasteiger partial charge in [-0.25, -0.2) is 0 Å². The molecule has 0 amide bonds. The first-order chi connectivity index (χ1) is 7.70. The molecule has 2 heterocycles. The van der Waals surface area contributed by atoms with Gasteiger partial charge in [-0.05, 0) is 32.5 Å². The number of aromatic nitrogens is 4. The molecule has 0 saturated heterocycles. The number of rotatable bonds is 4. The Hall–Kier alpha value is -1.49. The Morgan fingerprint density at radius 3 is 2.94 bits per heavy atom. The molecule has 0 aliphatic heterocycles. The SMILES string of the molecule is CCNC(C)Cc1nnc2ccc(C)nn12. The lowest BCUT2D eigenvalue weighted by Crippen LogP contribution is -2.28. The number of likely N-dealkylation sites (N-methyl/N-ethyl adjacent to an activating group) is 1. The molecule has 5 nitrogen and oxygen atoms in total. The van der Waals surface area contributed by atoms with Gasteiger partial charge in [0, 0.05) is 12.5 Å². The van der Waals surface area contributed by atoms with Crippen molar-refractivity contribution in [1.29, 1.82) is 0 Å². The van der Waals surface area contributed by atoms with Crippen molar-refractivity contribution >= 4 is 5.65 Å². The second-order valence-corrected chi connectivity index (χ2v) is 4.02. The number of fused-ring (bicyclic) bond motifs is 1. The highest BCUT2D eigenvalue weighted by molar-refractivity contribution is 5.36. The van der Waals surface area contributed by atoms with Crippen molar-refractivity contribution in [2.24, 2.45) is 0 Å². The van der Waals surface area contributed by atoms with Gasteiger partial charge >= 0.3 is 0 Å². The average Bonchev–Trinajstić information content (AvgIpc) is 2.61. The maximum absolute atomic E-state index is 4.41. The third-order valence-corrected chi connectivity index (χ3v) is 2.50. The van der Waals surface area contributed by atoms with E-state index in [2.05, 4.69) is 34.5 Å². The summed E-state index contributed by atoms with van der Waals surface area (Å²) >= 11 is 0. The molecule has 0 radical (unpaired) electrons. The molecule has 1 N–H and O–H groups in total. The molecule has 0 saturated carbocycles. The van der Waals surface area contributed by atoms with E-state index in [1.807, 2.05) is 23.6 Å². The van der Waals surface area contributed by atoms with Crippen LogP contribution in [0.2, 0.25) is 0 Å². The van der Waals surface area contributed by atoms with E-state index >= 15 is 0 Å². The zero-order chi connectivity index (χ0) is 11.5. The van der Waals surface area contributed by atoms with Gasteiger partial charge < -0.3 is 5.32 Å². The summed E-state index contributed by atoms with van der Waals surface area (Å²) in [6.45, 7) is 7.17. The second kappa shape index (κ2) is 4.57. The summed E-state index contributed by atoms with van der Waals surface area (Å²) in [5.74, 6) is 0.909. The van der Waals surface area contributed by atoms with E-state index in [9.17, 15) is 0 Å². The number of hydrogen-bond acceptors (Lipinski definition) is 4. The van der Waals surface area contributed by atoms with Gasteiger partial charge in [-0.1, -0.05) is 6.92 Å². The van der Waals surface area contributed by atoms with E-state index in [1.54, 1.807) is 0 Å². The van der Waals surface area contributed by atoms with Gasteiger partial charge in [0.2, 0.25) is 0 Å². The standard InChI is InChI=1S/C11H17N5/c1-4-12-9(3)7-11-14-13-10-6-5-8(2)15-16(10)11/h5-6,9,12H,4,7H2,1-3H3. The lowest BCUT2D eigenvalue weighted by Gasteiger charge is -2.09. The van der Waals surface area contributed by atoms with Gasteiger partial charge in [0.1, 0.15) is 0 Å². The molecule has 2 rings (SSSR count). The van der Waals surface area contributed by atoms with Gasteiger partial charge in [-0.15, -0.1) is 10.2 Å². The lowest BCUT2D eigenvalue weighted by molar-refractivity contribution is 0.545. The van der Waals surface area contributed by atoms with Crippen LogP contribution in [0.4, 0.5) is 0 Å². The molecule has 16 heavy (non-hydrogen) atoms. The fourth-order valence-electron chi connectivity index (χ4n) is 1.75. The minimum absolute atomic E-state index is 0.389. The maximum Gasteiger partial charge on any atom is 0.177 e. The molecule has 2 aromatic heterocycles. The first kappa shape index (κ1) is 11.0. The number of nitrogens with zero attached hydrogens (tertiary/aromatic N) is 4. The molecule has 2 aromatic rings. The fraction of sp³-hybridized carbons (Fsp3) is 0.545. The Balaban J connectivity index is 2.27. The molecule has 0 spiro atoms. The molecule has 0 fully saturated rings.